The topological polar surface area (TPSA) is 77.3 Å². The van der Waals surface area contributed by atoms with Crippen LogP contribution in [0.1, 0.15) is 12.0 Å². The predicted octanol–water partition coefficient (Wildman–Crippen LogP) is 2.09. The summed E-state index contributed by atoms with van der Waals surface area (Å²) in [4.78, 5) is 14.2. The van der Waals surface area contributed by atoms with Gasteiger partial charge in [-0.05, 0) is 19.1 Å². The lowest BCUT2D eigenvalue weighted by atomic mass is 10.0. The highest BCUT2D eigenvalue weighted by atomic mass is 16.5. The summed E-state index contributed by atoms with van der Waals surface area (Å²) in [7, 11) is 0. The number of nitrogen functional groups attached to an aromatic ring is 1. The van der Waals surface area contributed by atoms with E-state index in [1.54, 1.807) is 19.2 Å². The Kier molecular flexibility index (Phi) is 3.10. The van der Waals surface area contributed by atoms with Crippen molar-refractivity contribution >= 4 is 5.69 Å². The average molecular weight is 272 g/mol. The van der Waals surface area contributed by atoms with E-state index < -0.39 is 0 Å². The van der Waals surface area contributed by atoms with Crippen LogP contribution in [0.15, 0.2) is 29.2 Å². The molecule has 1 aliphatic rings. The van der Waals surface area contributed by atoms with Crippen LogP contribution in [0.2, 0.25) is 0 Å². The van der Waals surface area contributed by atoms with Gasteiger partial charge in [0.1, 0.15) is 0 Å². The number of nitrogens with one attached hydrogen (secondary N) is 1. The van der Waals surface area contributed by atoms with E-state index in [0.717, 1.165) is 17.5 Å². The van der Waals surface area contributed by atoms with Gasteiger partial charge in [0.15, 0.2) is 11.5 Å². The number of aromatic amines is 1. The Hall–Kier alpha value is -2.43. The number of hydrogen-bond donors (Lipinski definition) is 2. The van der Waals surface area contributed by atoms with Gasteiger partial charge in [-0.1, -0.05) is 0 Å². The molecule has 0 amide bonds. The molecule has 1 aromatic heterocycles. The highest BCUT2D eigenvalue weighted by Crippen LogP contribution is 2.41. The Balaban J connectivity index is 2.19. The van der Waals surface area contributed by atoms with Gasteiger partial charge in [-0.3, -0.25) is 4.79 Å². The molecule has 2 heterocycles. The van der Waals surface area contributed by atoms with Crippen molar-refractivity contribution in [2.45, 2.75) is 13.3 Å². The number of H-pyrrole nitrogens is 1. The molecule has 0 aliphatic carbocycles. The van der Waals surface area contributed by atoms with Crippen LogP contribution in [0.5, 0.6) is 11.5 Å². The molecular weight excluding hydrogens is 256 g/mol. The monoisotopic (exact) mass is 272 g/mol. The molecule has 0 bridgehead atoms. The van der Waals surface area contributed by atoms with E-state index in [-0.39, 0.29) is 5.56 Å². The van der Waals surface area contributed by atoms with E-state index in [4.69, 9.17) is 15.2 Å². The first kappa shape index (κ1) is 12.6. The molecule has 0 fully saturated rings. The summed E-state index contributed by atoms with van der Waals surface area (Å²) in [5.41, 5.74) is 8.78. The van der Waals surface area contributed by atoms with Crippen LogP contribution < -0.4 is 20.8 Å². The van der Waals surface area contributed by atoms with Crippen LogP contribution in [0.4, 0.5) is 5.69 Å². The fourth-order valence-electron chi connectivity index (χ4n) is 2.26. The van der Waals surface area contributed by atoms with E-state index in [2.05, 4.69) is 4.98 Å². The summed E-state index contributed by atoms with van der Waals surface area (Å²) in [5.74, 6) is 1.34. The second-order valence-electron chi connectivity index (χ2n) is 4.85. The maximum Gasteiger partial charge on any atom is 0.250 e. The highest BCUT2D eigenvalue weighted by Gasteiger charge is 2.17. The van der Waals surface area contributed by atoms with Crippen LogP contribution in [-0.4, -0.2) is 18.2 Å². The summed E-state index contributed by atoms with van der Waals surface area (Å²) in [6.07, 6.45) is 2.50. The predicted molar refractivity (Wildman–Crippen MR) is 77.3 cm³/mol. The number of fused-ring (bicyclic) bond motifs is 1. The van der Waals surface area contributed by atoms with Gasteiger partial charge in [0, 0.05) is 41.1 Å². The minimum absolute atomic E-state index is 0.0964. The van der Waals surface area contributed by atoms with Crippen LogP contribution >= 0.6 is 0 Å². The summed E-state index contributed by atoms with van der Waals surface area (Å²) < 4.78 is 11.5. The largest absolute Gasteiger partial charge is 0.489 e. The van der Waals surface area contributed by atoms with Crippen molar-refractivity contribution in [3.8, 4) is 22.6 Å². The zero-order valence-corrected chi connectivity index (χ0v) is 11.2. The van der Waals surface area contributed by atoms with Gasteiger partial charge in [-0.15, -0.1) is 0 Å². The maximum absolute atomic E-state index is 11.5. The molecular formula is C15H16N2O3. The van der Waals surface area contributed by atoms with Gasteiger partial charge in [-0.2, -0.15) is 0 Å². The third-order valence-corrected chi connectivity index (χ3v) is 3.27. The van der Waals surface area contributed by atoms with Crippen LogP contribution in [-0.2, 0) is 0 Å². The molecule has 1 aliphatic heterocycles. The Labute approximate surface area is 116 Å². The summed E-state index contributed by atoms with van der Waals surface area (Å²) in [6.45, 7) is 2.98. The number of rotatable bonds is 1. The quantitative estimate of drug-likeness (QED) is 0.779. The molecule has 20 heavy (non-hydrogen) atoms. The van der Waals surface area contributed by atoms with Gasteiger partial charge < -0.3 is 20.2 Å². The first-order chi connectivity index (χ1) is 9.65. The molecule has 5 heteroatoms. The Morgan fingerprint density at radius 3 is 2.80 bits per heavy atom. The van der Waals surface area contributed by atoms with Crippen LogP contribution in [0, 0.1) is 6.92 Å². The van der Waals surface area contributed by atoms with E-state index in [1.165, 1.54) is 0 Å². The number of hydrogen-bond acceptors (Lipinski definition) is 4. The first-order valence-corrected chi connectivity index (χ1v) is 6.54. The molecule has 3 rings (SSSR count). The number of aromatic nitrogens is 1. The Morgan fingerprint density at radius 1 is 1.20 bits per heavy atom. The lowest BCUT2D eigenvalue weighted by Crippen LogP contribution is -2.08. The van der Waals surface area contributed by atoms with Crippen LogP contribution in [0.25, 0.3) is 11.1 Å². The Bertz CT molecular complexity index is 707. The number of benzene rings is 1. The fourth-order valence-corrected chi connectivity index (χ4v) is 2.26. The number of ether oxygens (including phenoxy) is 2. The lowest BCUT2D eigenvalue weighted by molar-refractivity contribution is 0.297. The zero-order chi connectivity index (χ0) is 14.1. The highest BCUT2D eigenvalue weighted by molar-refractivity contribution is 5.77. The number of aryl methyl sites for hydroxylation is 1. The van der Waals surface area contributed by atoms with Gasteiger partial charge in [-0.25, -0.2) is 0 Å². The van der Waals surface area contributed by atoms with Gasteiger partial charge in [0.2, 0.25) is 0 Å². The van der Waals surface area contributed by atoms with Crippen molar-refractivity contribution in [1.29, 1.82) is 0 Å². The van der Waals surface area contributed by atoms with Crippen molar-refractivity contribution in [3.63, 3.8) is 0 Å². The minimum atomic E-state index is -0.0964. The van der Waals surface area contributed by atoms with Gasteiger partial charge >= 0.3 is 0 Å². The Morgan fingerprint density at radius 2 is 2.00 bits per heavy atom. The molecule has 3 N–H and O–H groups in total. The minimum Gasteiger partial charge on any atom is -0.489 e. The molecule has 0 unspecified atom stereocenters. The molecule has 1 aromatic carbocycles. The van der Waals surface area contributed by atoms with Gasteiger partial charge in [0.25, 0.3) is 5.56 Å². The number of nitrogens with two attached hydrogens (primary N) is 1. The molecule has 0 saturated heterocycles. The zero-order valence-electron chi connectivity index (χ0n) is 11.2. The molecule has 2 aromatic rings. The molecule has 0 saturated carbocycles. The first-order valence-electron chi connectivity index (χ1n) is 6.54. The molecule has 0 atom stereocenters. The molecule has 0 radical (unpaired) electrons. The number of anilines is 1. The van der Waals surface area contributed by atoms with Crippen molar-refractivity contribution < 1.29 is 9.47 Å². The van der Waals surface area contributed by atoms with E-state index in [9.17, 15) is 4.79 Å². The van der Waals surface area contributed by atoms with Crippen molar-refractivity contribution in [2.24, 2.45) is 0 Å². The average Bonchev–Trinajstić information content (AvgIpc) is 2.66. The lowest BCUT2D eigenvalue weighted by Gasteiger charge is -2.14. The second kappa shape index (κ2) is 4.92. The smallest absolute Gasteiger partial charge is 0.250 e. The van der Waals surface area contributed by atoms with Crippen LogP contribution in [0.3, 0.4) is 0 Å². The SMILES string of the molecule is Cc1cc(-c2cc(N)cc3c2OCCCO3)c[nH]c1=O. The fraction of sp³-hybridized carbons (Fsp3) is 0.267. The van der Waals surface area contributed by atoms with Crippen molar-refractivity contribution in [3.05, 3.63) is 40.3 Å². The molecule has 0 spiro atoms. The van der Waals surface area contributed by atoms with Crippen molar-refractivity contribution in [1.82, 2.24) is 4.98 Å². The number of pyridine rings is 1. The molecule has 104 valence electrons. The summed E-state index contributed by atoms with van der Waals surface area (Å²) >= 11 is 0. The maximum atomic E-state index is 11.5. The standard InChI is InChI=1S/C15H16N2O3/c1-9-5-10(8-17-15(9)18)12-6-11(16)7-13-14(12)20-4-2-3-19-13/h5-8H,2-4,16H2,1H3,(H,17,18). The third kappa shape index (κ3) is 2.22. The normalized spacial score (nSPS) is 13.8. The van der Waals surface area contributed by atoms with Gasteiger partial charge in [0.05, 0.1) is 13.2 Å². The van der Waals surface area contributed by atoms with E-state index in [0.29, 0.717) is 36.0 Å². The molecule has 5 nitrogen and oxygen atoms in total. The third-order valence-electron chi connectivity index (χ3n) is 3.27. The van der Waals surface area contributed by atoms with Crippen molar-refractivity contribution in [2.75, 3.05) is 18.9 Å². The van der Waals surface area contributed by atoms with E-state index >= 15 is 0 Å². The second-order valence-corrected chi connectivity index (χ2v) is 4.85. The van der Waals surface area contributed by atoms with E-state index in [1.807, 2.05) is 12.1 Å². The summed E-state index contributed by atoms with van der Waals surface area (Å²) in [5, 5.41) is 0. The summed E-state index contributed by atoms with van der Waals surface area (Å²) in [6, 6.07) is 5.42.